The van der Waals surface area contributed by atoms with E-state index >= 15 is 0 Å². The van der Waals surface area contributed by atoms with Crippen molar-refractivity contribution < 1.29 is 9.13 Å². The number of hydrogen-bond acceptors (Lipinski definition) is 3. The highest BCUT2D eigenvalue weighted by Gasteiger charge is 2.21. The molecule has 96 valence electrons. The summed E-state index contributed by atoms with van der Waals surface area (Å²) in [6.45, 7) is 4.70. The van der Waals surface area contributed by atoms with Crippen molar-refractivity contribution in [2.24, 2.45) is 5.84 Å². The number of hydrazine groups is 1. The number of nitrogens with two attached hydrogens (primary N) is 1. The van der Waals surface area contributed by atoms with Gasteiger partial charge in [0.2, 0.25) is 0 Å². The Bertz CT molecular complexity index is 310. The number of halogens is 1. The van der Waals surface area contributed by atoms with E-state index in [0.29, 0.717) is 6.61 Å². The predicted molar refractivity (Wildman–Crippen MR) is 66.8 cm³/mol. The van der Waals surface area contributed by atoms with E-state index in [1.54, 1.807) is 12.1 Å². The summed E-state index contributed by atoms with van der Waals surface area (Å²) in [4.78, 5) is 0. The van der Waals surface area contributed by atoms with Gasteiger partial charge in [0, 0.05) is 6.61 Å². The van der Waals surface area contributed by atoms with Crippen LogP contribution in [0.4, 0.5) is 4.39 Å². The first-order chi connectivity index (χ1) is 8.22. The van der Waals surface area contributed by atoms with Crippen molar-refractivity contribution in [3.8, 4) is 0 Å². The van der Waals surface area contributed by atoms with Crippen LogP contribution in [0.25, 0.3) is 0 Å². The summed E-state index contributed by atoms with van der Waals surface area (Å²) in [5.74, 6) is 5.34. The first-order valence-electron chi connectivity index (χ1n) is 6.06. The van der Waals surface area contributed by atoms with Crippen molar-refractivity contribution in [1.29, 1.82) is 0 Å². The van der Waals surface area contributed by atoms with Crippen molar-refractivity contribution in [2.45, 2.75) is 38.8 Å². The molecule has 0 aromatic heterocycles. The lowest BCUT2D eigenvalue weighted by Crippen LogP contribution is -2.38. The zero-order chi connectivity index (χ0) is 12.7. The first-order valence-corrected chi connectivity index (χ1v) is 6.06. The maximum absolute atomic E-state index is 12.9. The Morgan fingerprint density at radius 2 is 1.94 bits per heavy atom. The van der Waals surface area contributed by atoms with Crippen LogP contribution < -0.4 is 11.3 Å². The molecule has 0 aliphatic heterocycles. The predicted octanol–water partition coefficient (Wildman–Crippen LogP) is 2.54. The number of hydrogen-bond donors (Lipinski definition) is 2. The highest BCUT2D eigenvalue weighted by atomic mass is 19.1. The molecule has 3 N–H and O–H groups in total. The SMILES string of the molecule is CCCC(OCC)C(NN)c1ccc(F)cc1. The molecule has 0 saturated heterocycles. The van der Waals surface area contributed by atoms with Gasteiger partial charge < -0.3 is 4.74 Å². The molecule has 0 spiro atoms. The Labute approximate surface area is 102 Å². The minimum Gasteiger partial charge on any atom is -0.376 e. The largest absolute Gasteiger partial charge is 0.376 e. The molecule has 0 radical (unpaired) electrons. The fourth-order valence-corrected chi connectivity index (χ4v) is 1.93. The molecule has 0 amide bonds. The molecule has 0 saturated carbocycles. The van der Waals surface area contributed by atoms with Crippen LogP contribution >= 0.6 is 0 Å². The smallest absolute Gasteiger partial charge is 0.123 e. The fraction of sp³-hybridized carbons (Fsp3) is 0.538. The number of ether oxygens (including phenoxy) is 1. The minimum atomic E-state index is -0.243. The van der Waals surface area contributed by atoms with E-state index in [2.05, 4.69) is 12.3 Å². The summed E-state index contributed by atoms with van der Waals surface area (Å²) in [5.41, 5.74) is 3.71. The van der Waals surface area contributed by atoms with Gasteiger partial charge in [-0.05, 0) is 31.0 Å². The van der Waals surface area contributed by atoms with Crippen molar-refractivity contribution >= 4 is 0 Å². The molecule has 3 nitrogen and oxygen atoms in total. The highest BCUT2D eigenvalue weighted by molar-refractivity contribution is 5.21. The monoisotopic (exact) mass is 240 g/mol. The van der Waals surface area contributed by atoms with Gasteiger partial charge in [-0.2, -0.15) is 0 Å². The average Bonchev–Trinajstić information content (AvgIpc) is 2.33. The van der Waals surface area contributed by atoms with E-state index in [0.717, 1.165) is 18.4 Å². The summed E-state index contributed by atoms with van der Waals surface area (Å²) < 4.78 is 18.6. The minimum absolute atomic E-state index is 0.0143. The van der Waals surface area contributed by atoms with Crippen LogP contribution in [0.1, 0.15) is 38.3 Å². The fourth-order valence-electron chi connectivity index (χ4n) is 1.93. The van der Waals surface area contributed by atoms with E-state index in [-0.39, 0.29) is 18.0 Å². The zero-order valence-electron chi connectivity index (χ0n) is 10.4. The van der Waals surface area contributed by atoms with Gasteiger partial charge in [0.05, 0.1) is 12.1 Å². The third-order valence-corrected chi connectivity index (χ3v) is 2.73. The van der Waals surface area contributed by atoms with Crippen LogP contribution in [0, 0.1) is 5.82 Å². The Hall–Kier alpha value is -0.970. The maximum atomic E-state index is 12.9. The van der Waals surface area contributed by atoms with Crippen molar-refractivity contribution in [3.63, 3.8) is 0 Å². The van der Waals surface area contributed by atoms with Gasteiger partial charge in [-0.3, -0.25) is 11.3 Å². The third kappa shape index (κ3) is 4.07. The van der Waals surface area contributed by atoms with E-state index < -0.39 is 0 Å². The first kappa shape index (κ1) is 14.1. The standard InChI is InChI=1S/C13H21FN2O/c1-3-5-12(17-4-2)13(16-15)10-6-8-11(14)9-7-10/h6-9,12-13,16H,3-5,15H2,1-2H3. The Morgan fingerprint density at radius 1 is 1.29 bits per heavy atom. The van der Waals surface area contributed by atoms with Gasteiger partial charge in [0.1, 0.15) is 5.82 Å². The summed E-state index contributed by atoms with van der Waals surface area (Å²) >= 11 is 0. The third-order valence-electron chi connectivity index (χ3n) is 2.73. The van der Waals surface area contributed by atoms with Crippen LogP contribution in [0.3, 0.4) is 0 Å². The quantitative estimate of drug-likeness (QED) is 0.568. The molecule has 4 heteroatoms. The van der Waals surface area contributed by atoms with E-state index in [1.807, 2.05) is 6.92 Å². The van der Waals surface area contributed by atoms with Crippen LogP contribution in [0.15, 0.2) is 24.3 Å². The molecule has 1 rings (SSSR count). The van der Waals surface area contributed by atoms with Crippen molar-refractivity contribution in [1.82, 2.24) is 5.43 Å². The molecule has 2 unspecified atom stereocenters. The Morgan fingerprint density at radius 3 is 2.41 bits per heavy atom. The van der Waals surface area contributed by atoms with Crippen LogP contribution in [-0.4, -0.2) is 12.7 Å². The molecular weight excluding hydrogens is 219 g/mol. The molecular formula is C13H21FN2O. The Balaban J connectivity index is 2.83. The molecule has 1 aromatic carbocycles. The second-order valence-electron chi connectivity index (χ2n) is 3.98. The molecule has 0 bridgehead atoms. The molecule has 0 aliphatic rings. The second-order valence-corrected chi connectivity index (χ2v) is 3.98. The summed E-state index contributed by atoms with van der Waals surface area (Å²) in [6.07, 6.45) is 1.95. The van der Waals surface area contributed by atoms with Crippen LogP contribution in [0.2, 0.25) is 0 Å². The Kier molecular flexibility index (Phi) is 6.11. The zero-order valence-corrected chi connectivity index (χ0v) is 10.4. The van der Waals surface area contributed by atoms with Gasteiger partial charge in [-0.15, -0.1) is 0 Å². The number of rotatable bonds is 7. The second kappa shape index (κ2) is 7.37. The summed E-state index contributed by atoms with van der Waals surface area (Å²) in [5, 5.41) is 0. The topological polar surface area (TPSA) is 47.3 Å². The van der Waals surface area contributed by atoms with E-state index in [4.69, 9.17) is 10.6 Å². The number of benzene rings is 1. The lowest BCUT2D eigenvalue weighted by Gasteiger charge is -2.26. The molecule has 0 heterocycles. The lowest BCUT2D eigenvalue weighted by atomic mass is 9.98. The molecule has 2 atom stereocenters. The van der Waals surface area contributed by atoms with Crippen molar-refractivity contribution in [2.75, 3.05) is 6.61 Å². The number of nitrogens with one attached hydrogen (secondary N) is 1. The molecule has 0 aliphatic carbocycles. The van der Waals surface area contributed by atoms with Gasteiger partial charge in [-0.25, -0.2) is 4.39 Å². The molecule has 17 heavy (non-hydrogen) atoms. The van der Waals surface area contributed by atoms with E-state index in [1.165, 1.54) is 12.1 Å². The van der Waals surface area contributed by atoms with Gasteiger partial charge in [-0.1, -0.05) is 25.5 Å². The summed E-state index contributed by atoms with van der Waals surface area (Å²) in [7, 11) is 0. The molecule has 0 fully saturated rings. The average molecular weight is 240 g/mol. The van der Waals surface area contributed by atoms with Gasteiger partial charge >= 0.3 is 0 Å². The molecule has 1 aromatic rings. The lowest BCUT2D eigenvalue weighted by molar-refractivity contribution is 0.0276. The van der Waals surface area contributed by atoms with Crippen LogP contribution in [-0.2, 0) is 4.74 Å². The van der Waals surface area contributed by atoms with Crippen molar-refractivity contribution in [3.05, 3.63) is 35.6 Å². The highest BCUT2D eigenvalue weighted by Crippen LogP contribution is 2.22. The normalized spacial score (nSPS) is 14.6. The van der Waals surface area contributed by atoms with Gasteiger partial charge in [0.15, 0.2) is 0 Å². The summed E-state index contributed by atoms with van der Waals surface area (Å²) in [6, 6.07) is 6.25. The van der Waals surface area contributed by atoms with E-state index in [9.17, 15) is 4.39 Å². The van der Waals surface area contributed by atoms with Crippen LogP contribution in [0.5, 0.6) is 0 Å². The maximum Gasteiger partial charge on any atom is 0.123 e. The van der Waals surface area contributed by atoms with Gasteiger partial charge in [0.25, 0.3) is 0 Å².